The van der Waals surface area contributed by atoms with Crippen molar-refractivity contribution in [2.24, 2.45) is 0 Å². The standard InChI is InChI=1S/C18H21ClN2OS/c1-13(21(2)12-14-7-6-8-15(19)11-14)18(22)20-16-9-4-5-10-17(16)23-3/h4-11,13H,12H2,1-3H3,(H,20,22)/t13-/m0/s1. The number of amides is 1. The Morgan fingerprint density at radius 3 is 2.70 bits per heavy atom. The number of halogens is 1. The predicted molar refractivity (Wildman–Crippen MR) is 99.2 cm³/mol. The summed E-state index contributed by atoms with van der Waals surface area (Å²) in [5, 5.41) is 3.72. The van der Waals surface area contributed by atoms with E-state index in [4.69, 9.17) is 11.6 Å². The van der Waals surface area contributed by atoms with E-state index in [1.54, 1.807) is 11.8 Å². The lowest BCUT2D eigenvalue weighted by molar-refractivity contribution is -0.120. The van der Waals surface area contributed by atoms with Gasteiger partial charge < -0.3 is 5.32 Å². The first-order valence-electron chi connectivity index (χ1n) is 7.40. The molecule has 3 nitrogen and oxygen atoms in total. The minimum atomic E-state index is -0.246. The highest BCUT2D eigenvalue weighted by atomic mass is 35.5. The van der Waals surface area contributed by atoms with E-state index in [-0.39, 0.29) is 11.9 Å². The van der Waals surface area contributed by atoms with Crippen LogP contribution in [0.1, 0.15) is 12.5 Å². The van der Waals surface area contributed by atoms with Crippen molar-refractivity contribution in [3.05, 3.63) is 59.1 Å². The molecule has 0 spiro atoms. The minimum absolute atomic E-state index is 0.0176. The van der Waals surface area contributed by atoms with Crippen LogP contribution in [0.3, 0.4) is 0 Å². The van der Waals surface area contributed by atoms with Crippen LogP contribution in [0.5, 0.6) is 0 Å². The van der Waals surface area contributed by atoms with Gasteiger partial charge in [-0.3, -0.25) is 9.69 Å². The Labute approximate surface area is 147 Å². The van der Waals surface area contributed by atoms with Gasteiger partial charge in [0.1, 0.15) is 0 Å². The first-order chi connectivity index (χ1) is 11.0. The Hall–Kier alpha value is -1.49. The van der Waals surface area contributed by atoms with Crippen LogP contribution in [0, 0.1) is 0 Å². The van der Waals surface area contributed by atoms with Crippen molar-refractivity contribution in [1.29, 1.82) is 0 Å². The van der Waals surface area contributed by atoms with Crippen molar-refractivity contribution in [2.45, 2.75) is 24.4 Å². The van der Waals surface area contributed by atoms with Crippen LogP contribution in [0.2, 0.25) is 5.02 Å². The summed E-state index contributed by atoms with van der Waals surface area (Å²) >= 11 is 7.63. The Balaban J connectivity index is 2.01. The van der Waals surface area contributed by atoms with Crippen LogP contribution >= 0.6 is 23.4 Å². The molecule has 2 aromatic rings. The molecule has 0 radical (unpaired) electrons. The molecule has 0 saturated carbocycles. The molecule has 0 saturated heterocycles. The molecular weight excluding hydrogens is 328 g/mol. The van der Waals surface area contributed by atoms with Crippen LogP contribution in [0.25, 0.3) is 0 Å². The molecular formula is C18H21ClN2OS. The van der Waals surface area contributed by atoms with Crippen molar-refractivity contribution in [3.63, 3.8) is 0 Å². The third-order valence-corrected chi connectivity index (χ3v) is 4.76. The number of hydrogen-bond donors (Lipinski definition) is 1. The smallest absolute Gasteiger partial charge is 0.241 e. The molecule has 1 amide bonds. The molecule has 1 N–H and O–H groups in total. The summed E-state index contributed by atoms with van der Waals surface area (Å²) in [7, 11) is 1.94. The van der Waals surface area contributed by atoms with Crippen LogP contribution in [-0.4, -0.2) is 30.2 Å². The average molecular weight is 349 g/mol. The first-order valence-corrected chi connectivity index (χ1v) is 9.00. The van der Waals surface area contributed by atoms with E-state index >= 15 is 0 Å². The van der Waals surface area contributed by atoms with Gasteiger partial charge in [-0.25, -0.2) is 0 Å². The molecule has 0 unspecified atom stereocenters. The maximum absolute atomic E-state index is 12.5. The molecule has 0 aliphatic rings. The van der Waals surface area contributed by atoms with Crippen LogP contribution in [0.4, 0.5) is 5.69 Å². The number of likely N-dealkylation sites (N-methyl/N-ethyl adjacent to an activating group) is 1. The number of benzene rings is 2. The average Bonchev–Trinajstić information content (AvgIpc) is 2.54. The summed E-state index contributed by atoms with van der Waals surface area (Å²) in [4.78, 5) is 15.6. The SMILES string of the molecule is CSc1ccccc1NC(=O)[C@H](C)N(C)Cc1cccc(Cl)c1. The van der Waals surface area contributed by atoms with Gasteiger partial charge in [-0.05, 0) is 50.1 Å². The molecule has 122 valence electrons. The van der Waals surface area contributed by atoms with E-state index in [9.17, 15) is 4.79 Å². The predicted octanol–water partition coefficient (Wildman–Crippen LogP) is 4.52. The van der Waals surface area contributed by atoms with E-state index in [2.05, 4.69) is 5.32 Å². The van der Waals surface area contributed by atoms with Gasteiger partial charge >= 0.3 is 0 Å². The summed E-state index contributed by atoms with van der Waals surface area (Å²) in [6, 6.07) is 15.3. The van der Waals surface area contributed by atoms with Crippen molar-refractivity contribution >= 4 is 35.0 Å². The Kier molecular flexibility index (Phi) is 6.51. The maximum atomic E-state index is 12.5. The highest BCUT2D eigenvalue weighted by molar-refractivity contribution is 7.98. The van der Waals surface area contributed by atoms with Gasteiger partial charge in [0.25, 0.3) is 0 Å². The van der Waals surface area contributed by atoms with Gasteiger partial charge in [-0.1, -0.05) is 35.9 Å². The quantitative estimate of drug-likeness (QED) is 0.779. The van der Waals surface area contributed by atoms with Gasteiger partial charge in [-0.2, -0.15) is 0 Å². The lowest BCUT2D eigenvalue weighted by atomic mass is 10.2. The van der Waals surface area contributed by atoms with Gasteiger partial charge in [0.05, 0.1) is 11.7 Å². The largest absolute Gasteiger partial charge is 0.324 e. The number of para-hydroxylation sites is 1. The Bertz CT molecular complexity index is 678. The second kappa shape index (κ2) is 8.39. The van der Waals surface area contributed by atoms with Gasteiger partial charge in [-0.15, -0.1) is 11.8 Å². The van der Waals surface area contributed by atoms with Crippen molar-refractivity contribution in [2.75, 3.05) is 18.6 Å². The molecule has 1 atom stereocenters. The molecule has 0 aromatic heterocycles. The number of carbonyl (C=O) groups is 1. The fraction of sp³-hybridized carbons (Fsp3) is 0.278. The molecule has 23 heavy (non-hydrogen) atoms. The normalized spacial score (nSPS) is 12.2. The first kappa shape index (κ1) is 17.9. The molecule has 2 aromatic carbocycles. The molecule has 5 heteroatoms. The summed E-state index contributed by atoms with van der Waals surface area (Å²) in [6.07, 6.45) is 2.00. The maximum Gasteiger partial charge on any atom is 0.241 e. The third-order valence-electron chi connectivity index (χ3n) is 3.73. The highest BCUT2D eigenvalue weighted by Gasteiger charge is 2.19. The van der Waals surface area contributed by atoms with Gasteiger partial charge in [0.2, 0.25) is 5.91 Å². The zero-order valence-electron chi connectivity index (χ0n) is 13.5. The molecule has 2 rings (SSSR count). The van der Waals surface area contributed by atoms with Crippen molar-refractivity contribution in [1.82, 2.24) is 4.90 Å². The third kappa shape index (κ3) is 4.99. The molecule has 0 fully saturated rings. The van der Waals surface area contributed by atoms with E-state index in [0.29, 0.717) is 11.6 Å². The number of thioether (sulfide) groups is 1. The lowest BCUT2D eigenvalue weighted by Gasteiger charge is -2.24. The summed E-state index contributed by atoms with van der Waals surface area (Å²) in [5.41, 5.74) is 1.94. The number of hydrogen-bond acceptors (Lipinski definition) is 3. The molecule has 0 aliphatic heterocycles. The fourth-order valence-electron chi connectivity index (χ4n) is 2.25. The minimum Gasteiger partial charge on any atom is -0.324 e. The summed E-state index contributed by atoms with van der Waals surface area (Å²) < 4.78 is 0. The summed E-state index contributed by atoms with van der Waals surface area (Å²) in [5.74, 6) is -0.0176. The zero-order valence-corrected chi connectivity index (χ0v) is 15.1. The lowest BCUT2D eigenvalue weighted by Crippen LogP contribution is -2.39. The van der Waals surface area contributed by atoms with E-state index in [1.807, 2.05) is 73.7 Å². The Morgan fingerprint density at radius 2 is 2.00 bits per heavy atom. The number of carbonyl (C=O) groups excluding carboxylic acids is 1. The van der Waals surface area contributed by atoms with Crippen molar-refractivity contribution in [3.8, 4) is 0 Å². The highest BCUT2D eigenvalue weighted by Crippen LogP contribution is 2.25. The van der Waals surface area contributed by atoms with Crippen molar-refractivity contribution < 1.29 is 4.79 Å². The van der Waals surface area contributed by atoms with Crippen LogP contribution in [-0.2, 0) is 11.3 Å². The number of nitrogens with zero attached hydrogens (tertiary/aromatic N) is 1. The Morgan fingerprint density at radius 1 is 1.26 bits per heavy atom. The van der Waals surface area contributed by atoms with Gasteiger partial charge in [0.15, 0.2) is 0 Å². The second-order valence-electron chi connectivity index (χ2n) is 5.41. The van der Waals surface area contributed by atoms with Crippen LogP contribution < -0.4 is 5.32 Å². The number of nitrogens with one attached hydrogen (secondary N) is 1. The topological polar surface area (TPSA) is 32.3 Å². The van der Waals surface area contributed by atoms with Crippen LogP contribution in [0.15, 0.2) is 53.4 Å². The van der Waals surface area contributed by atoms with E-state index in [0.717, 1.165) is 16.1 Å². The second-order valence-corrected chi connectivity index (χ2v) is 6.70. The van der Waals surface area contributed by atoms with E-state index in [1.165, 1.54) is 0 Å². The van der Waals surface area contributed by atoms with Gasteiger partial charge in [0, 0.05) is 16.5 Å². The molecule has 0 bridgehead atoms. The molecule has 0 heterocycles. The summed E-state index contributed by atoms with van der Waals surface area (Å²) in [6.45, 7) is 2.57. The zero-order chi connectivity index (χ0) is 16.8. The number of anilines is 1. The fourth-order valence-corrected chi connectivity index (χ4v) is 3.01. The number of rotatable bonds is 6. The van der Waals surface area contributed by atoms with E-state index < -0.39 is 0 Å². The molecule has 0 aliphatic carbocycles. The monoisotopic (exact) mass is 348 g/mol.